The Morgan fingerprint density at radius 1 is 1.03 bits per heavy atom. The SMILES string of the molecule is Cn1c(=O)c2c(SCc3cc(=O)n4cc(Cl)ccc4n3)nc(C(C)(C)C)nc2n(C)c1=O. The molecule has 0 bridgehead atoms. The van der Waals surface area contributed by atoms with Crippen LogP contribution in [0.1, 0.15) is 32.3 Å². The van der Waals surface area contributed by atoms with Crippen molar-refractivity contribution in [2.45, 2.75) is 37.0 Å². The van der Waals surface area contributed by atoms with Crippen molar-refractivity contribution in [3.8, 4) is 0 Å². The molecule has 0 unspecified atom stereocenters. The number of nitrogens with zero attached hydrogens (tertiary/aromatic N) is 6. The van der Waals surface area contributed by atoms with Crippen LogP contribution in [0.5, 0.6) is 0 Å². The Morgan fingerprint density at radius 2 is 1.75 bits per heavy atom. The molecule has 0 radical (unpaired) electrons. The Labute approximate surface area is 191 Å². The van der Waals surface area contributed by atoms with Crippen LogP contribution in [-0.2, 0) is 25.3 Å². The molecule has 9 nitrogen and oxygen atoms in total. The topological polar surface area (TPSA) is 104 Å². The summed E-state index contributed by atoms with van der Waals surface area (Å²) in [5, 5.41) is 1.14. The summed E-state index contributed by atoms with van der Waals surface area (Å²) in [4.78, 5) is 51.6. The number of fused-ring (bicyclic) bond motifs is 2. The molecule has 166 valence electrons. The van der Waals surface area contributed by atoms with Gasteiger partial charge in [-0.3, -0.25) is 23.1 Å². The van der Waals surface area contributed by atoms with Crippen LogP contribution in [0.2, 0.25) is 5.02 Å². The lowest BCUT2D eigenvalue weighted by molar-refractivity contribution is 0.539. The fraction of sp³-hybridized carbons (Fsp3) is 0.333. The zero-order chi connectivity index (χ0) is 23.4. The monoisotopic (exact) mass is 472 g/mol. The maximum absolute atomic E-state index is 12.9. The zero-order valence-corrected chi connectivity index (χ0v) is 19.8. The van der Waals surface area contributed by atoms with Gasteiger partial charge >= 0.3 is 5.69 Å². The number of hydrogen-bond donors (Lipinski definition) is 0. The van der Waals surface area contributed by atoms with Crippen molar-refractivity contribution in [1.82, 2.24) is 28.5 Å². The van der Waals surface area contributed by atoms with Gasteiger partial charge in [0.25, 0.3) is 11.1 Å². The summed E-state index contributed by atoms with van der Waals surface area (Å²) in [6.45, 7) is 5.87. The van der Waals surface area contributed by atoms with Crippen LogP contribution in [0.15, 0.2) is 43.8 Å². The van der Waals surface area contributed by atoms with E-state index < -0.39 is 16.7 Å². The van der Waals surface area contributed by atoms with Crippen LogP contribution >= 0.6 is 23.4 Å². The summed E-state index contributed by atoms with van der Waals surface area (Å²) in [5.41, 5.74) is -0.296. The Bertz CT molecular complexity index is 1570. The van der Waals surface area contributed by atoms with E-state index in [9.17, 15) is 14.4 Å². The van der Waals surface area contributed by atoms with Crippen molar-refractivity contribution >= 4 is 40.0 Å². The van der Waals surface area contributed by atoms with Gasteiger partial charge in [-0.25, -0.2) is 19.7 Å². The van der Waals surface area contributed by atoms with E-state index in [0.29, 0.717) is 33.0 Å². The Hall–Kier alpha value is -2.98. The maximum atomic E-state index is 12.9. The molecule has 32 heavy (non-hydrogen) atoms. The highest BCUT2D eigenvalue weighted by molar-refractivity contribution is 7.98. The van der Waals surface area contributed by atoms with Gasteiger partial charge in [-0.2, -0.15) is 0 Å². The van der Waals surface area contributed by atoms with Gasteiger partial charge in [-0.1, -0.05) is 44.1 Å². The molecule has 11 heteroatoms. The van der Waals surface area contributed by atoms with Crippen LogP contribution in [0.4, 0.5) is 0 Å². The second kappa shape index (κ2) is 7.86. The standard InChI is InChI=1S/C21H21ClN6O3S/c1-21(2,3)19-24-16-15(18(30)27(5)20(31)26(16)4)17(25-19)32-10-12-8-14(29)28-9-11(22)6-7-13(28)23-12/h6-9H,10H2,1-5H3. The number of hydrogen-bond acceptors (Lipinski definition) is 7. The fourth-order valence-electron chi connectivity index (χ4n) is 3.21. The van der Waals surface area contributed by atoms with Gasteiger partial charge in [0.15, 0.2) is 5.65 Å². The molecule has 0 aliphatic heterocycles. The van der Waals surface area contributed by atoms with E-state index in [0.717, 1.165) is 4.57 Å². The predicted octanol–water partition coefficient (Wildman–Crippen LogP) is 2.28. The minimum atomic E-state index is -0.466. The van der Waals surface area contributed by atoms with Crippen molar-refractivity contribution in [1.29, 1.82) is 0 Å². The number of thioether (sulfide) groups is 1. The zero-order valence-electron chi connectivity index (χ0n) is 18.2. The van der Waals surface area contributed by atoms with Gasteiger partial charge in [0.1, 0.15) is 21.9 Å². The Balaban J connectivity index is 1.86. The van der Waals surface area contributed by atoms with Crippen LogP contribution < -0.4 is 16.8 Å². The summed E-state index contributed by atoms with van der Waals surface area (Å²) in [6.07, 6.45) is 1.51. The summed E-state index contributed by atoms with van der Waals surface area (Å²) in [5.74, 6) is 0.813. The summed E-state index contributed by atoms with van der Waals surface area (Å²) in [6, 6.07) is 4.76. The fourth-order valence-corrected chi connectivity index (χ4v) is 4.28. The second-order valence-electron chi connectivity index (χ2n) is 8.46. The lowest BCUT2D eigenvalue weighted by Gasteiger charge is -2.19. The predicted molar refractivity (Wildman–Crippen MR) is 125 cm³/mol. The van der Waals surface area contributed by atoms with E-state index in [-0.39, 0.29) is 16.6 Å². The maximum Gasteiger partial charge on any atom is 0.332 e. The normalized spacial score (nSPS) is 12.1. The van der Waals surface area contributed by atoms with Gasteiger partial charge in [0.2, 0.25) is 0 Å². The molecule has 0 N–H and O–H groups in total. The molecule has 0 amide bonds. The quantitative estimate of drug-likeness (QED) is 0.332. The molecule has 0 atom stereocenters. The first kappa shape index (κ1) is 22.2. The largest absolute Gasteiger partial charge is 0.332 e. The third-order valence-corrected chi connectivity index (χ3v) is 6.20. The summed E-state index contributed by atoms with van der Waals surface area (Å²) < 4.78 is 3.76. The van der Waals surface area contributed by atoms with Crippen molar-refractivity contribution in [3.63, 3.8) is 0 Å². The highest BCUT2D eigenvalue weighted by Gasteiger charge is 2.23. The Kier molecular flexibility index (Phi) is 5.46. The lowest BCUT2D eigenvalue weighted by atomic mass is 9.96. The third kappa shape index (κ3) is 3.84. The molecule has 0 saturated heterocycles. The molecule has 0 aliphatic rings. The van der Waals surface area contributed by atoms with E-state index in [1.165, 1.54) is 40.0 Å². The smallest absolute Gasteiger partial charge is 0.280 e. The van der Waals surface area contributed by atoms with Gasteiger partial charge in [0, 0.05) is 37.5 Å². The molecule has 0 fully saturated rings. The average Bonchev–Trinajstić information content (AvgIpc) is 2.74. The summed E-state index contributed by atoms with van der Waals surface area (Å²) in [7, 11) is 3.00. The first-order chi connectivity index (χ1) is 15.0. The number of aromatic nitrogens is 6. The van der Waals surface area contributed by atoms with Crippen LogP contribution in [-0.4, -0.2) is 28.5 Å². The first-order valence-corrected chi connectivity index (χ1v) is 11.1. The van der Waals surface area contributed by atoms with E-state index in [4.69, 9.17) is 11.6 Å². The van der Waals surface area contributed by atoms with Crippen molar-refractivity contribution in [2.24, 2.45) is 14.1 Å². The molecule has 0 spiro atoms. The average molecular weight is 473 g/mol. The minimum absolute atomic E-state index is 0.255. The molecule has 4 heterocycles. The second-order valence-corrected chi connectivity index (χ2v) is 9.86. The van der Waals surface area contributed by atoms with Crippen LogP contribution in [0.25, 0.3) is 16.7 Å². The number of pyridine rings is 1. The van der Waals surface area contributed by atoms with E-state index >= 15 is 0 Å². The first-order valence-electron chi connectivity index (χ1n) is 9.76. The van der Waals surface area contributed by atoms with Gasteiger partial charge < -0.3 is 0 Å². The summed E-state index contributed by atoms with van der Waals surface area (Å²) >= 11 is 7.24. The van der Waals surface area contributed by atoms with Gasteiger partial charge in [0.05, 0.1) is 10.7 Å². The number of aryl methyl sites for hydroxylation is 1. The molecule has 0 aromatic carbocycles. The van der Waals surface area contributed by atoms with Gasteiger partial charge in [-0.15, -0.1) is 0 Å². The number of halogens is 1. The molecular formula is C21H21ClN6O3S. The molecule has 4 aromatic heterocycles. The molecule has 0 aliphatic carbocycles. The highest BCUT2D eigenvalue weighted by atomic mass is 35.5. The van der Waals surface area contributed by atoms with E-state index in [2.05, 4.69) is 15.0 Å². The van der Waals surface area contributed by atoms with Crippen molar-refractivity contribution < 1.29 is 0 Å². The van der Waals surface area contributed by atoms with Crippen molar-refractivity contribution in [2.75, 3.05) is 0 Å². The van der Waals surface area contributed by atoms with Gasteiger partial charge in [-0.05, 0) is 12.1 Å². The highest BCUT2D eigenvalue weighted by Crippen LogP contribution is 2.28. The van der Waals surface area contributed by atoms with Crippen molar-refractivity contribution in [3.05, 3.63) is 72.1 Å². The molecule has 4 rings (SSSR count). The van der Waals surface area contributed by atoms with Crippen LogP contribution in [0.3, 0.4) is 0 Å². The minimum Gasteiger partial charge on any atom is -0.280 e. The van der Waals surface area contributed by atoms with E-state index in [1.54, 1.807) is 19.2 Å². The Morgan fingerprint density at radius 3 is 2.44 bits per heavy atom. The third-order valence-electron chi connectivity index (χ3n) is 4.97. The molecular weight excluding hydrogens is 452 g/mol. The van der Waals surface area contributed by atoms with Crippen LogP contribution in [0, 0.1) is 0 Å². The molecule has 0 saturated carbocycles. The lowest BCUT2D eigenvalue weighted by Crippen LogP contribution is -2.38. The molecule has 4 aromatic rings. The van der Waals surface area contributed by atoms with E-state index in [1.807, 2.05) is 20.8 Å². The number of rotatable bonds is 3.